The van der Waals surface area contributed by atoms with Gasteiger partial charge in [0.25, 0.3) is 11.8 Å². The SMILES string of the molecule is CC(C)(C)OC(=O)C(C)(C)O/N=C(\C(=O)NC1C(=O)N2C=C(C[n+]3ccc(C(=O)O)cc3)CS[C@H]12)c1nsc(N)n1. The van der Waals surface area contributed by atoms with Crippen LogP contribution in [0.3, 0.4) is 0 Å². The van der Waals surface area contributed by atoms with Gasteiger partial charge in [0.1, 0.15) is 17.0 Å². The summed E-state index contributed by atoms with van der Waals surface area (Å²) in [5, 5.41) is 15.4. The Morgan fingerprint density at radius 3 is 2.51 bits per heavy atom. The Kier molecular flexibility index (Phi) is 8.35. The van der Waals surface area contributed by atoms with Gasteiger partial charge >= 0.3 is 11.9 Å². The third-order valence-electron chi connectivity index (χ3n) is 5.78. The van der Waals surface area contributed by atoms with Crippen LogP contribution in [0.1, 0.15) is 50.8 Å². The van der Waals surface area contributed by atoms with E-state index in [9.17, 15) is 19.2 Å². The maximum absolute atomic E-state index is 13.3. The number of ether oxygens (including phenoxy) is 1. The van der Waals surface area contributed by atoms with Gasteiger partial charge in [0.05, 0.1) is 5.56 Å². The van der Waals surface area contributed by atoms with Crippen molar-refractivity contribution in [2.45, 2.75) is 63.8 Å². The van der Waals surface area contributed by atoms with Gasteiger partial charge < -0.3 is 30.6 Å². The normalized spacial score (nSPS) is 19.0. The van der Waals surface area contributed by atoms with E-state index >= 15 is 0 Å². The third-order valence-corrected chi connectivity index (χ3v) is 7.70. The van der Waals surface area contributed by atoms with Crippen molar-refractivity contribution in [1.82, 2.24) is 19.6 Å². The van der Waals surface area contributed by atoms with E-state index in [1.54, 1.807) is 44.3 Å². The lowest BCUT2D eigenvalue weighted by Crippen LogP contribution is -2.69. The Labute approximate surface area is 243 Å². The zero-order chi connectivity index (χ0) is 30.1. The second-order valence-electron chi connectivity index (χ2n) is 10.7. The van der Waals surface area contributed by atoms with Gasteiger partial charge in [-0.1, -0.05) is 5.16 Å². The second-order valence-corrected chi connectivity index (χ2v) is 12.6. The zero-order valence-electron chi connectivity index (χ0n) is 23.0. The summed E-state index contributed by atoms with van der Waals surface area (Å²) in [5.74, 6) is -2.32. The van der Waals surface area contributed by atoms with Crippen LogP contribution >= 0.6 is 23.3 Å². The quantitative estimate of drug-likeness (QED) is 0.121. The molecule has 2 aliphatic rings. The van der Waals surface area contributed by atoms with Crippen molar-refractivity contribution in [3.63, 3.8) is 0 Å². The molecule has 4 N–H and O–H groups in total. The minimum absolute atomic E-state index is 0.0915. The first-order valence-corrected chi connectivity index (χ1v) is 14.2. The number of carbonyl (C=O) groups is 4. The first-order valence-electron chi connectivity index (χ1n) is 12.4. The third kappa shape index (κ3) is 7.00. The predicted octanol–water partition coefficient (Wildman–Crippen LogP) is 0.931. The van der Waals surface area contributed by atoms with E-state index in [2.05, 4.69) is 19.8 Å². The fourth-order valence-corrected chi connectivity index (χ4v) is 5.40. The minimum atomic E-state index is -1.55. The van der Waals surface area contributed by atoms with Crippen molar-refractivity contribution in [1.29, 1.82) is 0 Å². The second kappa shape index (κ2) is 11.4. The summed E-state index contributed by atoms with van der Waals surface area (Å²) in [6.07, 6.45) is 5.07. The highest BCUT2D eigenvalue weighted by atomic mass is 32.2. The molecule has 0 saturated carbocycles. The summed E-state index contributed by atoms with van der Waals surface area (Å²) in [4.78, 5) is 60.8. The molecule has 0 bridgehead atoms. The average molecular weight is 605 g/mol. The molecule has 1 unspecified atom stereocenters. The Bertz CT molecular complexity index is 1430. The van der Waals surface area contributed by atoms with Crippen LogP contribution in [0.4, 0.5) is 5.13 Å². The number of nitrogen functional groups attached to an aromatic ring is 1. The lowest BCUT2D eigenvalue weighted by Gasteiger charge is -2.47. The predicted molar refractivity (Wildman–Crippen MR) is 149 cm³/mol. The summed E-state index contributed by atoms with van der Waals surface area (Å²) in [6, 6.07) is 2.17. The summed E-state index contributed by atoms with van der Waals surface area (Å²) in [6.45, 7) is 8.49. The van der Waals surface area contributed by atoms with Crippen LogP contribution in [0.25, 0.3) is 0 Å². The molecule has 0 aromatic carbocycles. The van der Waals surface area contributed by atoms with Crippen molar-refractivity contribution >= 4 is 57.9 Å². The zero-order valence-corrected chi connectivity index (χ0v) is 24.6. The van der Waals surface area contributed by atoms with E-state index < -0.39 is 35.1 Å². The number of oxime groups is 1. The highest BCUT2D eigenvalue weighted by Crippen LogP contribution is 2.36. The van der Waals surface area contributed by atoms with Crippen molar-refractivity contribution < 1.29 is 38.4 Å². The molecule has 4 rings (SSSR count). The van der Waals surface area contributed by atoms with E-state index in [1.165, 1.54) is 37.7 Å². The van der Waals surface area contributed by atoms with E-state index in [4.69, 9.17) is 20.4 Å². The van der Waals surface area contributed by atoms with Crippen LogP contribution in [0.5, 0.6) is 0 Å². The maximum Gasteiger partial charge on any atom is 0.353 e. The van der Waals surface area contributed by atoms with Crippen molar-refractivity contribution in [2.75, 3.05) is 11.5 Å². The van der Waals surface area contributed by atoms with E-state index in [0.717, 1.165) is 17.1 Å². The number of nitrogens with one attached hydrogen (secondary N) is 1. The number of amides is 2. The molecule has 2 aliphatic heterocycles. The van der Waals surface area contributed by atoms with Crippen LogP contribution in [-0.4, -0.2) is 77.2 Å². The fourth-order valence-electron chi connectivity index (χ4n) is 3.71. The number of anilines is 1. The van der Waals surface area contributed by atoms with Crippen LogP contribution in [-0.2, 0) is 30.5 Å². The number of carbonyl (C=O) groups excluding carboxylic acids is 3. The smallest absolute Gasteiger partial charge is 0.353 e. The van der Waals surface area contributed by atoms with Crippen LogP contribution in [0, 0.1) is 0 Å². The number of thioether (sulfide) groups is 1. The first kappa shape index (κ1) is 29.9. The molecule has 4 heterocycles. The summed E-state index contributed by atoms with van der Waals surface area (Å²) < 4.78 is 11.2. The molecule has 0 aliphatic carbocycles. The lowest BCUT2D eigenvalue weighted by atomic mass is 10.1. The fraction of sp³-hybridized carbons (Fsp3) is 0.440. The summed E-state index contributed by atoms with van der Waals surface area (Å²) in [7, 11) is 0. The monoisotopic (exact) mass is 604 g/mol. The van der Waals surface area contributed by atoms with Gasteiger partial charge in [0.2, 0.25) is 17.1 Å². The van der Waals surface area contributed by atoms with E-state index in [0.29, 0.717) is 12.3 Å². The van der Waals surface area contributed by atoms with Gasteiger partial charge in [-0.25, -0.2) is 14.2 Å². The molecule has 2 atom stereocenters. The topological polar surface area (TPSA) is 190 Å². The highest BCUT2D eigenvalue weighted by molar-refractivity contribution is 8.00. The van der Waals surface area contributed by atoms with Gasteiger partial charge in [-0.15, -0.1) is 11.8 Å². The Balaban J connectivity index is 1.44. The van der Waals surface area contributed by atoms with Crippen LogP contribution in [0.15, 0.2) is 41.5 Å². The molecule has 218 valence electrons. The largest absolute Gasteiger partial charge is 0.478 e. The molecule has 0 spiro atoms. The minimum Gasteiger partial charge on any atom is -0.478 e. The number of fused-ring (bicyclic) bond motifs is 1. The molecule has 2 amide bonds. The van der Waals surface area contributed by atoms with E-state index in [-0.39, 0.29) is 33.5 Å². The van der Waals surface area contributed by atoms with Gasteiger partial charge in [-0.3, -0.25) is 9.59 Å². The lowest BCUT2D eigenvalue weighted by molar-refractivity contribution is -0.689. The van der Waals surface area contributed by atoms with Crippen LogP contribution < -0.4 is 15.6 Å². The van der Waals surface area contributed by atoms with Crippen LogP contribution in [0.2, 0.25) is 0 Å². The molecule has 16 heteroatoms. The molecule has 2 aromatic heterocycles. The number of rotatable bonds is 9. The molecule has 0 radical (unpaired) electrons. The summed E-state index contributed by atoms with van der Waals surface area (Å²) >= 11 is 2.32. The standard InChI is InChI=1S/C25H29N7O7S2/c1-24(2,3)38-22(37)25(4,5)39-29-15(17-28-23(26)41-30-17)18(33)27-16-19(34)32-11-13(12-40-20(16)32)10-31-8-6-14(7-9-31)21(35)36/h6-9,11,16,20H,10,12H2,1-5H3,(H3-,26,27,28,30,33,35,36)/p+1/b29-15-/t16?,20-/m1/s1. The summed E-state index contributed by atoms with van der Waals surface area (Å²) in [5.41, 5.74) is 4.17. The van der Waals surface area contributed by atoms with Gasteiger partial charge in [-0.2, -0.15) is 9.36 Å². The highest BCUT2D eigenvalue weighted by Gasteiger charge is 2.50. The molecular formula is C25H30N7O7S2+. The number of hydrogen-bond acceptors (Lipinski definition) is 12. The van der Waals surface area contributed by atoms with Crippen molar-refractivity contribution in [3.05, 3.63) is 47.7 Å². The van der Waals surface area contributed by atoms with E-state index in [1.807, 2.05) is 4.57 Å². The molecular weight excluding hydrogens is 574 g/mol. The van der Waals surface area contributed by atoms with Crippen molar-refractivity contribution in [3.8, 4) is 0 Å². The molecule has 1 saturated heterocycles. The Hall–Kier alpha value is -4.05. The average Bonchev–Trinajstić information content (AvgIpc) is 3.32. The number of β-lactam (4-membered cyclic amide) rings is 1. The number of pyridine rings is 1. The number of nitrogens with zero attached hydrogens (tertiary/aromatic N) is 5. The first-order chi connectivity index (χ1) is 19.1. The number of aromatic carboxylic acids is 1. The van der Waals surface area contributed by atoms with Gasteiger partial charge in [-0.05, 0) is 34.6 Å². The molecule has 2 aromatic rings. The number of esters is 1. The number of aromatic nitrogens is 3. The Morgan fingerprint density at radius 2 is 1.93 bits per heavy atom. The maximum atomic E-state index is 13.3. The Morgan fingerprint density at radius 1 is 1.24 bits per heavy atom. The number of carboxylic acids is 1. The number of hydrogen-bond donors (Lipinski definition) is 3. The molecule has 14 nitrogen and oxygen atoms in total. The molecule has 1 fully saturated rings. The molecule has 41 heavy (non-hydrogen) atoms. The number of carboxylic acid groups (broad SMARTS) is 1. The van der Waals surface area contributed by atoms with Gasteiger partial charge in [0, 0.05) is 41.2 Å². The van der Waals surface area contributed by atoms with Gasteiger partial charge in [0.15, 0.2) is 24.1 Å². The number of nitrogens with two attached hydrogens (primary N) is 1. The van der Waals surface area contributed by atoms with Crippen molar-refractivity contribution in [2.24, 2.45) is 5.16 Å².